The van der Waals surface area contributed by atoms with Gasteiger partial charge in [0, 0.05) is 4.90 Å². The number of rotatable bonds is 6. The van der Waals surface area contributed by atoms with E-state index in [-0.39, 0.29) is 18.9 Å². The Morgan fingerprint density at radius 1 is 1.05 bits per heavy atom. The molecule has 0 fully saturated rings. The number of ether oxygens (including phenoxy) is 1. The number of carbonyl (C=O) groups excluding carboxylic acids is 2. The Balaban J connectivity index is 1.76. The average molecular weight is 315 g/mol. The molecule has 0 unspecified atom stereocenters. The molecule has 0 radical (unpaired) electrons. The summed E-state index contributed by atoms with van der Waals surface area (Å²) in [5.74, 6) is -0.223. The minimum atomic E-state index is -0.488. The van der Waals surface area contributed by atoms with Crippen LogP contribution in [0.15, 0.2) is 59.5 Å². The normalized spacial score (nSPS) is 10.0. The fraction of sp³-hybridized carbons (Fsp3) is 0.176. The minimum Gasteiger partial charge on any atom is -0.425 e. The lowest BCUT2D eigenvalue weighted by atomic mass is 10.1. The lowest BCUT2D eigenvalue weighted by Crippen LogP contribution is -2.32. The molecule has 0 saturated carbocycles. The summed E-state index contributed by atoms with van der Waals surface area (Å²) in [5, 5.41) is 2.56. The van der Waals surface area contributed by atoms with Crippen LogP contribution in [0.5, 0.6) is 5.75 Å². The predicted octanol–water partition coefficient (Wildman–Crippen LogP) is 2.67. The first-order valence-corrected chi connectivity index (χ1v) is 8.05. The van der Waals surface area contributed by atoms with E-state index in [4.69, 9.17) is 4.74 Å². The van der Waals surface area contributed by atoms with E-state index in [0.29, 0.717) is 5.75 Å². The fourth-order valence-corrected chi connectivity index (χ4v) is 2.23. The van der Waals surface area contributed by atoms with Gasteiger partial charge in [0.05, 0.1) is 6.42 Å². The van der Waals surface area contributed by atoms with Gasteiger partial charge in [-0.2, -0.15) is 0 Å². The molecule has 114 valence electrons. The van der Waals surface area contributed by atoms with Gasteiger partial charge in [-0.05, 0) is 36.1 Å². The molecule has 4 nitrogen and oxygen atoms in total. The van der Waals surface area contributed by atoms with Crippen molar-refractivity contribution in [3.63, 3.8) is 0 Å². The number of benzene rings is 2. The van der Waals surface area contributed by atoms with Gasteiger partial charge in [-0.3, -0.25) is 4.79 Å². The third kappa shape index (κ3) is 5.26. The summed E-state index contributed by atoms with van der Waals surface area (Å²) < 4.78 is 5.15. The Morgan fingerprint density at radius 2 is 1.73 bits per heavy atom. The SMILES string of the molecule is CSc1ccc(OC(=O)CNC(=O)Cc2ccccc2)cc1. The molecule has 0 atom stereocenters. The summed E-state index contributed by atoms with van der Waals surface area (Å²) in [6, 6.07) is 16.6. The van der Waals surface area contributed by atoms with E-state index < -0.39 is 5.97 Å². The quantitative estimate of drug-likeness (QED) is 0.506. The second kappa shape index (κ2) is 8.24. The van der Waals surface area contributed by atoms with Crippen molar-refractivity contribution in [3.05, 3.63) is 60.2 Å². The molecule has 5 heteroatoms. The lowest BCUT2D eigenvalue weighted by molar-refractivity contribution is -0.135. The zero-order valence-corrected chi connectivity index (χ0v) is 13.1. The van der Waals surface area contributed by atoms with Crippen LogP contribution in [0.3, 0.4) is 0 Å². The number of hydrogen-bond donors (Lipinski definition) is 1. The molecule has 0 saturated heterocycles. The Bertz CT molecular complexity index is 626. The van der Waals surface area contributed by atoms with Crippen LogP contribution in [-0.2, 0) is 16.0 Å². The number of amides is 1. The average Bonchev–Trinajstić information content (AvgIpc) is 2.55. The maximum atomic E-state index is 11.7. The van der Waals surface area contributed by atoms with Crippen molar-refractivity contribution >= 4 is 23.6 Å². The van der Waals surface area contributed by atoms with Crippen LogP contribution in [0.25, 0.3) is 0 Å². The summed E-state index contributed by atoms with van der Waals surface area (Å²) in [4.78, 5) is 24.5. The second-order valence-corrected chi connectivity index (χ2v) is 5.47. The standard InChI is InChI=1S/C17H17NO3S/c1-22-15-9-7-14(8-10-15)21-17(20)12-18-16(19)11-13-5-3-2-4-6-13/h2-10H,11-12H2,1H3,(H,18,19). The molecule has 22 heavy (non-hydrogen) atoms. The Kier molecular flexibility index (Phi) is 6.03. The highest BCUT2D eigenvalue weighted by atomic mass is 32.2. The molecule has 0 aliphatic carbocycles. The van der Waals surface area contributed by atoms with Crippen LogP contribution in [0.4, 0.5) is 0 Å². The van der Waals surface area contributed by atoms with Crippen molar-refractivity contribution in [2.24, 2.45) is 0 Å². The van der Waals surface area contributed by atoms with Gasteiger partial charge >= 0.3 is 5.97 Å². The Morgan fingerprint density at radius 3 is 2.36 bits per heavy atom. The number of esters is 1. The van der Waals surface area contributed by atoms with Gasteiger partial charge in [0.2, 0.25) is 5.91 Å². The van der Waals surface area contributed by atoms with Crippen LogP contribution in [-0.4, -0.2) is 24.7 Å². The number of thioether (sulfide) groups is 1. The molecule has 0 aliphatic rings. The van der Waals surface area contributed by atoms with Gasteiger partial charge in [0.1, 0.15) is 12.3 Å². The van der Waals surface area contributed by atoms with Crippen molar-refractivity contribution in [2.45, 2.75) is 11.3 Å². The van der Waals surface area contributed by atoms with Gasteiger partial charge in [0.25, 0.3) is 0 Å². The van der Waals surface area contributed by atoms with Crippen LogP contribution < -0.4 is 10.1 Å². The van der Waals surface area contributed by atoms with E-state index in [2.05, 4.69) is 5.32 Å². The maximum Gasteiger partial charge on any atom is 0.330 e. The molecule has 0 aromatic heterocycles. The molecular weight excluding hydrogens is 298 g/mol. The zero-order chi connectivity index (χ0) is 15.8. The largest absolute Gasteiger partial charge is 0.425 e. The molecule has 2 aromatic carbocycles. The Labute approximate surface area is 133 Å². The molecule has 2 rings (SSSR count). The van der Waals surface area contributed by atoms with E-state index in [1.807, 2.05) is 48.7 Å². The first-order valence-electron chi connectivity index (χ1n) is 6.83. The maximum absolute atomic E-state index is 11.7. The van der Waals surface area contributed by atoms with Crippen LogP contribution in [0, 0.1) is 0 Å². The summed E-state index contributed by atoms with van der Waals surface area (Å²) in [6.07, 6.45) is 2.22. The molecule has 2 aromatic rings. The molecular formula is C17H17NO3S. The van der Waals surface area contributed by atoms with Crippen LogP contribution in [0.2, 0.25) is 0 Å². The summed E-state index contributed by atoms with van der Waals surface area (Å²) >= 11 is 1.61. The first-order chi connectivity index (χ1) is 10.7. The zero-order valence-electron chi connectivity index (χ0n) is 12.2. The number of hydrogen-bond acceptors (Lipinski definition) is 4. The first kappa shape index (κ1) is 16.1. The van der Waals surface area contributed by atoms with Crippen molar-refractivity contribution in [3.8, 4) is 5.75 Å². The van der Waals surface area contributed by atoms with Gasteiger partial charge in [-0.15, -0.1) is 11.8 Å². The lowest BCUT2D eigenvalue weighted by Gasteiger charge is -2.07. The highest BCUT2D eigenvalue weighted by Gasteiger charge is 2.08. The van der Waals surface area contributed by atoms with Crippen LogP contribution in [0.1, 0.15) is 5.56 Å². The van der Waals surface area contributed by atoms with Crippen LogP contribution >= 0.6 is 11.8 Å². The molecule has 0 spiro atoms. The van der Waals surface area contributed by atoms with Gasteiger partial charge < -0.3 is 10.1 Å². The van der Waals surface area contributed by atoms with E-state index in [9.17, 15) is 9.59 Å². The topological polar surface area (TPSA) is 55.4 Å². The van der Waals surface area contributed by atoms with Gasteiger partial charge in [-0.25, -0.2) is 4.79 Å². The minimum absolute atomic E-state index is 0.143. The molecule has 0 bridgehead atoms. The highest BCUT2D eigenvalue weighted by Crippen LogP contribution is 2.18. The summed E-state index contributed by atoms with van der Waals surface area (Å²) in [7, 11) is 0. The highest BCUT2D eigenvalue weighted by molar-refractivity contribution is 7.98. The second-order valence-electron chi connectivity index (χ2n) is 4.59. The fourth-order valence-electron chi connectivity index (χ4n) is 1.83. The van der Waals surface area contributed by atoms with Crippen molar-refractivity contribution in [2.75, 3.05) is 12.8 Å². The third-order valence-electron chi connectivity index (χ3n) is 2.93. The summed E-state index contributed by atoms with van der Waals surface area (Å²) in [5.41, 5.74) is 0.904. The van der Waals surface area contributed by atoms with Crippen molar-refractivity contribution < 1.29 is 14.3 Å². The molecule has 1 N–H and O–H groups in total. The monoisotopic (exact) mass is 315 g/mol. The molecule has 1 amide bonds. The van der Waals surface area contributed by atoms with E-state index in [1.165, 1.54) is 0 Å². The summed E-state index contributed by atoms with van der Waals surface area (Å²) in [6.45, 7) is -0.143. The van der Waals surface area contributed by atoms with E-state index >= 15 is 0 Å². The smallest absolute Gasteiger partial charge is 0.330 e. The van der Waals surface area contributed by atoms with E-state index in [0.717, 1.165) is 10.5 Å². The third-order valence-corrected chi connectivity index (χ3v) is 3.67. The van der Waals surface area contributed by atoms with Gasteiger partial charge in [-0.1, -0.05) is 30.3 Å². The number of carbonyl (C=O) groups is 2. The molecule has 0 heterocycles. The van der Waals surface area contributed by atoms with Gasteiger partial charge in [0.15, 0.2) is 0 Å². The predicted molar refractivity (Wildman–Crippen MR) is 87.0 cm³/mol. The number of nitrogens with one attached hydrogen (secondary N) is 1. The Hall–Kier alpha value is -2.27. The molecule has 0 aliphatic heterocycles. The van der Waals surface area contributed by atoms with E-state index in [1.54, 1.807) is 23.9 Å². The van der Waals surface area contributed by atoms with Crippen molar-refractivity contribution in [1.29, 1.82) is 0 Å². The van der Waals surface area contributed by atoms with Crippen molar-refractivity contribution in [1.82, 2.24) is 5.32 Å².